The van der Waals surface area contributed by atoms with Crippen molar-refractivity contribution in [2.45, 2.75) is 19.1 Å². The van der Waals surface area contributed by atoms with E-state index < -0.39 is 16.7 Å². The summed E-state index contributed by atoms with van der Waals surface area (Å²) in [6.45, 7) is 4.55. The number of ether oxygens (including phenoxy) is 1. The van der Waals surface area contributed by atoms with Crippen molar-refractivity contribution < 1.29 is 17.9 Å². The van der Waals surface area contributed by atoms with Gasteiger partial charge in [-0.1, -0.05) is 18.2 Å². The number of halogens is 3. The van der Waals surface area contributed by atoms with Crippen molar-refractivity contribution >= 4 is 28.5 Å². The summed E-state index contributed by atoms with van der Waals surface area (Å²) in [6.07, 6.45) is -0.133. The van der Waals surface area contributed by atoms with Gasteiger partial charge < -0.3 is 14.5 Å². The molecular formula is C24H24F3N5O2S. The molecule has 1 saturated heterocycles. The Hall–Kier alpha value is -3.18. The Bertz CT molecular complexity index is 1260. The first-order valence-electron chi connectivity index (χ1n) is 11.3. The molecule has 0 unspecified atom stereocenters. The number of thiophene rings is 1. The summed E-state index contributed by atoms with van der Waals surface area (Å²) in [5, 5.41) is 0. The number of anilines is 2. The number of nitrogens with zero attached hydrogens (tertiary/aromatic N) is 5. The highest BCUT2D eigenvalue weighted by Gasteiger charge is 2.32. The minimum Gasteiger partial charge on any atom is -0.378 e. The van der Waals surface area contributed by atoms with Gasteiger partial charge in [0.05, 0.1) is 19.8 Å². The smallest absolute Gasteiger partial charge is 0.378 e. The highest BCUT2D eigenvalue weighted by molar-refractivity contribution is 7.12. The van der Waals surface area contributed by atoms with Crippen molar-refractivity contribution in [3.63, 3.8) is 0 Å². The lowest BCUT2D eigenvalue weighted by molar-refractivity contribution is -0.134. The van der Waals surface area contributed by atoms with E-state index in [0.29, 0.717) is 35.3 Å². The Morgan fingerprint density at radius 1 is 1.00 bits per heavy atom. The van der Waals surface area contributed by atoms with E-state index in [2.05, 4.69) is 45.2 Å². The van der Waals surface area contributed by atoms with Crippen LogP contribution in [0, 0.1) is 0 Å². The average molecular weight is 504 g/mol. The van der Waals surface area contributed by atoms with Gasteiger partial charge in [0.1, 0.15) is 11.2 Å². The predicted octanol–water partition coefficient (Wildman–Crippen LogP) is 3.90. The summed E-state index contributed by atoms with van der Waals surface area (Å²) < 4.78 is 45.1. The molecule has 184 valence electrons. The average Bonchev–Trinajstić information content (AvgIpc) is 3.36. The van der Waals surface area contributed by atoms with Crippen LogP contribution in [0.4, 0.5) is 24.8 Å². The Balaban J connectivity index is 1.22. The molecule has 35 heavy (non-hydrogen) atoms. The number of hydrogen-bond donors (Lipinski definition) is 0. The molecule has 0 saturated carbocycles. The van der Waals surface area contributed by atoms with E-state index in [-0.39, 0.29) is 6.54 Å². The number of benzene rings is 1. The maximum Gasteiger partial charge on any atom is 0.425 e. The molecule has 2 aromatic heterocycles. The predicted molar refractivity (Wildman–Crippen MR) is 129 cm³/mol. The third kappa shape index (κ3) is 5.40. The molecule has 11 heteroatoms. The third-order valence-electron chi connectivity index (χ3n) is 6.13. The van der Waals surface area contributed by atoms with E-state index >= 15 is 0 Å². The zero-order chi connectivity index (χ0) is 24.4. The summed E-state index contributed by atoms with van der Waals surface area (Å²) in [6, 6.07) is 11.0. The molecule has 0 aliphatic carbocycles. The Morgan fingerprint density at radius 2 is 1.77 bits per heavy atom. The second kappa shape index (κ2) is 9.82. The van der Waals surface area contributed by atoms with Gasteiger partial charge in [-0.25, -0.2) is 9.78 Å². The molecule has 0 atom stereocenters. The van der Waals surface area contributed by atoms with Crippen LogP contribution in [0.15, 0.2) is 53.6 Å². The topological polar surface area (TPSA) is 63.5 Å². The maximum atomic E-state index is 12.8. The van der Waals surface area contributed by atoms with Crippen molar-refractivity contribution in [2.24, 2.45) is 0 Å². The molecule has 0 N–H and O–H groups in total. The normalized spacial score (nSPS) is 16.9. The first kappa shape index (κ1) is 23.6. The second-order valence-corrected chi connectivity index (χ2v) is 9.57. The molecule has 0 radical (unpaired) electrons. The largest absolute Gasteiger partial charge is 0.425 e. The van der Waals surface area contributed by atoms with Crippen LogP contribution in [0.2, 0.25) is 0 Å². The van der Waals surface area contributed by atoms with Gasteiger partial charge in [0, 0.05) is 36.7 Å². The molecule has 4 heterocycles. The van der Waals surface area contributed by atoms with Crippen LogP contribution in [-0.4, -0.2) is 53.9 Å². The lowest BCUT2D eigenvalue weighted by Gasteiger charge is -2.29. The van der Waals surface area contributed by atoms with E-state index in [1.807, 2.05) is 4.90 Å². The standard InChI is InChI=1S/C24H24F3N5O2S/c25-24(26,27)21-6-5-20(35-21)15-32-16-28-22(29-23(32)33)31-9-7-18(8-10-31)17-1-3-19(4-2-17)30-11-13-34-14-12-30/h1-7,16H,8-15H2. The molecule has 5 rings (SSSR count). The number of aromatic nitrogens is 3. The summed E-state index contributed by atoms with van der Waals surface area (Å²) in [4.78, 5) is 24.8. The summed E-state index contributed by atoms with van der Waals surface area (Å²) >= 11 is 0.616. The van der Waals surface area contributed by atoms with E-state index in [0.717, 1.165) is 38.8 Å². The van der Waals surface area contributed by atoms with Crippen LogP contribution in [0.25, 0.3) is 5.57 Å². The van der Waals surface area contributed by atoms with Gasteiger partial charge in [0.15, 0.2) is 0 Å². The first-order chi connectivity index (χ1) is 16.9. The highest BCUT2D eigenvalue weighted by atomic mass is 32.1. The van der Waals surface area contributed by atoms with Crippen LogP contribution in [0.3, 0.4) is 0 Å². The van der Waals surface area contributed by atoms with Gasteiger partial charge in [-0.3, -0.25) is 4.57 Å². The fourth-order valence-corrected chi connectivity index (χ4v) is 5.09. The van der Waals surface area contributed by atoms with E-state index in [4.69, 9.17) is 4.74 Å². The van der Waals surface area contributed by atoms with Gasteiger partial charge >= 0.3 is 11.9 Å². The van der Waals surface area contributed by atoms with Crippen molar-refractivity contribution in [2.75, 3.05) is 49.2 Å². The van der Waals surface area contributed by atoms with Crippen molar-refractivity contribution in [3.05, 3.63) is 74.6 Å². The molecule has 0 amide bonds. The lowest BCUT2D eigenvalue weighted by atomic mass is 9.99. The molecule has 7 nitrogen and oxygen atoms in total. The molecule has 0 spiro atoms. The van der Waals surface area contributed by atoms with Gasteiger partial charge in [-0.15, -0.1) is 11.3 Å². The minimum absolute atomic E-state index is 0.00432. The fourth-order valence-electron chi connectivity index (χ4n) is 4.21. The molecule has 3 aromatic rings. The van der Waals surface area contributed by atoms with Crippen molar-refractivity contribution in [3.8, 4) is 0 Å². The third-order valence-corrected chi connectivity index (χ3v) is 7.24. The quantitative estimate of drug-likeness (QED) is 0.527. The highest BCUT2D eigenvalue weighted by Crippen LogP contribution is 2.34. The molecule has 0 bridgehead atoms. The second-order valence-electron chi connectivity index (χ2n) is 8.40. The lowest BCUT2D eigenvalue weighted by Crippen LogP contribution is -2.36. The number of hydrogen-bond acceptors (Lipinski definition) is 7. The van der Waals surface area contributed by atoms with E-state index in [9.17, 15) is 18.0 Å². The molecule has 2 aliphatic rings. The van der Waals surface area contributed by atoms with Crippen LogP contribution < -0.4 is 15.5 Å². The molecule has 1 aromatic carbocycles. The number of alkyl halides is 3. The monoisotopic (exact) mass is 503 g/mol. The maximum absolute atomic E-state index is 12.8. The summed E-state index contributed by atoms with van der Waals surface area (Å²) in [7, 11) is 0. The van der Waals surface area contributed by atoms with Crippen molar-refractivity contribution in [1.82, 2.24) is 14.5 Å². The van der Waals surface area contributed by atoms with Crippen molar-refractivity contribution in [1.29, 1.82) is 0 Å². The summed E-state index contributed by atoms with van der Waals surface area (Å²) in [5.41, 5.74) is 3.07. The van der Waals surface area contributed by atoms with Crippen LogP contribution in [-0.2, 0) is 17.5 Å². The molecule has 1 fully saturated rings. The Labute approximate surface area is 204 Å². The summed E-state index contributed by atoms with van der Waals surface area (Å²) in [5.74, 6) is 0.325. The van der Waals surface area contributed by atoms with E-state index in [1.54, 1.807) is 0 Å². The van der Waals surface area contributed by atoms with Crippen LogP contribution in [0.1, 0.15) is 21.7 Å². The number of morpholine rings is 1. The zero-order valence-corrected chi connectivity index (χ0v) is 19.7. The SMILES string of the molecule is O=c1nc(N2CC=C(c3ccc(N4CCOCC4)cc3)CC2)ncn1Cc1ccc(C(F)(F)F)s1. The Kier molecular flexibility index (Phi) is 6.61. The zero-order valence-electron chi connectivity index (χ0n) is 18.9. The van der Waals surface area contributed by atoms with Gasteiger partial charge in [0.2, 0.25) is 5.95 Å². The number of rotatable bonds is 5. The van der Waals surface area contributed by atoms with Crippen LogP contribution in [0.5, 0.6) is 0 Å². The van der Waals surface area contributed by atoms with Crippen LogP contribution >= 0.6 is 11.3 Å². The van der Waals surface area contributed by atoms with Gasteiger partial charge in [-0.2, -0.15) is 18.2 Å². The van der Waals surface area contributed by atoms with Gasteiger partial charge in [-0.05, 0) is 41.8 Å². The minimum atomic E-state index is -4.39. The first-order valence-corrected chi connectivity index (χ1v) is 12.1. The molecule has 2 aliphatic heterocycles. The fraction of sp³-hybridized carbons (Fsp3) is 0.375. The molecular weight excluding hydrogens is 479 g/mol. The van der Waals surface area contributed by atoms with Gasteiger partial charge in [0.25, 0.3) is 0 Å². The van der Waals surface area contributed by atoms with E-state index in [1.165, 1.54) is 33.8 Å². The Morgan fingerprint density at radius 3 is 2.40 bits per heavy atom.